The van der Waals surface area contributed by atoms with E-state index in [9.17, 15) is 9.18 Å². The molecule has 0 bridgehead atoms. The fraction of sp³-hybridized carbons (Fsp3) is 0.500. The molecule has 0 heterocycles. The highest BCUT2D eigenvalue weighted by Gasteiger charge is 2.16. The Bertz CT molecular complexity index is 478. The summed E-state index contributed by atoms with van der Waals surface area (Å²) in [5.74, 6) is -0.798. The summed E-state index contributed by atoms with van der Waals surface area (Å²) in [5, 5.41) is 2.89. The molecule has 1 amide bonds. The van der Waals surface area contributed by atoms with Crippen molar-refractivity contribution in [3.05, 3.63) is 28.0 Å². The molecule has 0 radical (unpaired) electrons. The van der Waals surface area contributed by atoms with E-state index in [4.69, 9.17) is 5.73 Å². The molecule has 0 spiro atoms. The average molecular weight is 346 g/mol. The molecule has 1 atom stereocenters. The zero-order valence-corrected chi connectivity index (χ0v) is 13.6. The highest BCUT2D eigenvalue weighted by Crippen LogP contribution is 2.22. The van der Waals surface area contributed by atoms with Crippen LogP contribution >= 0.6 is 15.9 Å². The van der Waals surface area contributed by atoms with E-state index in [1.807, 2.05) is 6.92 Å². The van der Waals surface area contributed by atoms with E-state index in [0.717, 1.165) is 19.6 Å². The summed E-state index contributed by atoms with van der Waals surface area (Å²) in [6.07, 6.45) is 0. The molecule has 1 aromatic carbocycles. The Morgan fingerprint density at radius 1 is 1.45 bits per heavy atom. The zero-order chi connectivity index (χ0) is 15.3. The monoisotopic (exact) mass is 345 g/mol. The highest BCUT2D eigenvalue weighted by atomic mass is 79.9. The maximum absolute atomic E-state index is 13.3. The SMILES string of the molecule is CCN(CC)CC(C)NC(=O)c1cc(N)c(F)cc1Br. The molecule has 1 unspecified atom stereocenters. The molecule has 0 aliphatic rings. The van der Waals surface area contributed by atoms with Gasteiger partial charge in [0.25, 0.3) is 5.91 Å². The third-order valence-corrected chi connectivity index (χ3v) is 3.79. The van der Waals surface area contributed by atoms with Gasteiger partial charge in [-0.2, -0.15) is 0 Å². The standard InChI is InChI=1S/C14H21BrFN3O/c1-4-19(5-2)8-9(3)18-14(20)10-6-13(17)12(16)7-11(10)15/h6-7,9H,4-5,8,17H2,1-3H3,(H,18,20). The first-order chi connectivity index (χ1) is 9.38. The number of nitrogens with zero attached hydrogens (tertiary/aromatic N) is 1. The number of benzene rings is 1. The van der Waals surface area contributed by atoms with E-state index < -0.39 is 5.82 Å². The maximum Gasteiger partial charge on any atom is 0.252 e. The van der Waals surface area contributed by atoms with Crippen molar-refractivity contribution in [1.82, 2.24) is 10.2 Å². The van der Waals surface area contributed by atoms with Gasteiger partial charge >= 0.3 is 0 Å². The van der Waals surface area contributed by atoms with E-state index in [0.29, 0.717) is 10.0 Å². The Hall–Kier alpha value is -1.14. The number of carbonyl (C=O) groups excluding carboxylic acids is 1. The molecule has 0 aromatic heterocycles. The van der Waals surface area contributed by atoms with E-state index in [1.54, 1.807) is 0 Å². The third kappa shape index (κ3) is 4.45. The summed E-state index contributed by atoms with van der Waals surface area (Å²) in [5.41, 5.74) is 5.81. The molecule has 1 aromatic rings. The van der Waals surface area contributed by atoms with Crippen LogP contribution in [0.1, 0.15) is 31.1 Å². The lowest BCUT2D eigenvalue weighted by Gasteiger charge is -2.23. The quantitative estimate of drug-likeness (QED) is 0.779. The van der Waals surface area contributed by atoms with E-state index in [-0.39, 0.29) is 17.6 Å². The number of nitrogen functional groups attached to an aromatic ring is 1. The molecular weight excluding hydrogens is 325 g/mol. The number of nitrogens with one attached hydrogen (secondary N) is 1. The van der Waals surface area contributed by atoms with Gasteiger partial charge in [-0.1, -0.05) is 13.8 Å². The number of hydrogen-bond acceptors (Lipinski definition) is 3. The first-order valence-electron chi connectivity index (χ1n) is 6.66. The van der Waals surface area contributed by atoms with Crippen LogP contribution in [0.25, 0.3) is 0 Å². The maximum atomic E-state index is 13.3. The predicted octanol–water partition coefficient (Wildman–Crippen LogP) is 2.63. The summed E-state index contributed by atoms with van der Waals surface area (Å²) in [4.78, 5) is 14.4. The molecule has 0 saturated heterocycles. The lowest BCUT2D eigenvalue weighted by atomic mass is 10.1. The van der Waals surface area contributed by atoms with Crippen LogP contribution in [-0.2, 0) is 0 Å². The van der Waals surface area contributed by atoms with Crippen LogP contribution in [0.15, 0.2) is 16.6 Å². The van der Waals surface area contributed by atoms with E-state index in [2.05, 4.69) is 40.0 Å². The van der Waals surface area contributed by atoms with Gasteiger partial charge in [-0.05, 0) is 48.1 Å². The number of rotatable bonds is 6. The highest BCUT2D eigenvalue weighted by molar-refractivity contribution is 9.10. The topological polar surface area (TPSA) is 58.4 Å². The second-order valence-electron chi connectivity index (χ2n) is 4.71. The summed E-state index contributed by atoms with van der Waals surface area (Å²) >= 11 is 3.18. The molecular formula is C14H21BrFN3O. The van der Waals surface area contributed by atoms with Gasteiger partial charge in [0.2, 0.25) is 0 Å². The van der Waals surface area contributed by atoms with Crippen molar-refractivity contribution < 1.29 is 9.18 Å². The van der Waals surface area contributed by atoms with Crippen LogP contribution in [0.2, 0.25) is 0 Å². The Balaban J connectivity index is 2.74. The molecule has 112 valence electrons. The molecule has 1 rings (SSSR count). The number of amides is 1. The van der Waals surface area contributed by atoms with E-state index >= 15 is 0 Å². The molecule has 20 heavy (non-hydrogen) atoms. The van der Waals surface area contributed by atoms with Gasteiger partial charge in [0.05, 0.1) is 11.3 Å². The summed E-state index contributed by atoms with van der Waals surface area (Å²) in [6.45, 7) is 8.74. The van der Waals surface area contributed by atoms with Crippen LogP contribution in [-0.4, -0.2) is 36.5 Å². The minimum Gasteiger partial charge on any atom is -0.396 e. The van der Waals surface area contributed by atoms with Gasteiger partial charge in [0.1, 0.15) is 5.82 Å². The lowest BCUT2D eigenvalue weighted by Crippen LogP contribution is -2.42. The van der Waals surface area contributed by atoms with Crippen molar-refractivity contribution in [2.75, 3.05) is 25.4 Å². The summed E-state index contributed by atoms with van der Waals surface area (Å²) in [7, 11) is 0. The van der Waals surface area contributed by atoms with Gasteiger partial charge in [-0.15, -0.1) is 0 Å². The fourth-order valence-corrected chi connectivity index (χ4v) is 2.45. The predicted molar refractivity (Wildman–Crippen MR) is 83.2 cm³/mol. The molecule has 0 saturated carbocycles. The number of nitrogens with two attached hydrogens (primary N) is 1. The van der Waals surface area contributed by atoms with Crippen molar-refractivity contribution in [3.63, 3.8) is 0 Å². The van der Waals surface area contributed by atoms with Crippen LogP contribution in [0.3, 0.4) is 0 Å². The van der Waals surface area contributed by atoms with Gasteiger partial charge in [0.15, 0.2) is 0 Å². The van der Waals surface area contributed by atoms with Gasteiger partial charge in [0, 0.05) is 17.1 Å². The van der Waals surface area contributed by atoms with Crippen molar-refractivity contribution >= 4 is 27.5 Å². The van der Waals surface area contributed by atoms with Crippen LogP contribution in [0, 0.1) is 5.82 Å². The number of halogens is 2. The molecule has 6 heteroatoms. The van der Waals surface area contributed by atoms with Gasteiger partial charge in [-0.25, -0.2) is 4.39 Å². The third-order valence-electron chi connectivity index (χ3n) is 3.13. The van der Waals surface area contributed by atoms with Crippen LogP contribution in [0.5, 0.6) is 0 Å². The minimum atomic E-state index is -0.537. The summed E-state index contributed by atoms with van der Waals surface area (Å²) < 4.78 is 13.7. The smallest absolute Gasteiger partial charge is 0.252 e. The van der Waals surface area contributed by atoms with Crippen LogP contribution < -0.4 is 11.1 Å². The Kier molecular flexibility index (Phi) is 6.42. The average Bonchev–Trinajstić information content (AvgIpc) is 2.39. The molecule has 0 aliphatic carbocycles. The first kappa shape index (κ1) is 16.9. The molecule has 3 N–H and O–H groups in total. The normalized spacial score (nSPS) is 12.5. The molecule has 0 aliphatic heterocycles. The van der Waals surface area contributed by atoms with Crippen molar-refractivity contribution in [1.29, 1.82) is 0 Å². The second kappa shape index (κ2) is 7.59. The van der Waals surface area contributed by atoms with Gasteiger partial charge < -0.3 is 16.0 Å². The Morgan fingerprint density at radius 3 is 2.60 bits per heavy atom. The fourth-order valence-electron chi connectivity index (χ4n) is 1.96. The Labute approximate surface area is 127 Å². The number of anilines is 1. The van der Waals surface area contributed by atoms with E-state index in [1.165, 1.54) is 12.1 Å². The number of carbonyl (C=O) groups is 1. The molecule has 4 nitrogen and oxygen atoms in total. The number of hydrogen-bond donors (Lipinski definition) is 2. The van der Waals surface area contributed by atoms with Gasteiger partial charge in [-0.3, -0.25) is 4.79 Å². The van der Waals surface area contributed by atoms with Crippen LogP contribution in [0.4, 0.5) is 10.1 Å². The zero-order valence-electron chi connectivity index (χ0n) is 12.0. The second-order valence-corrected chi connectivity index (χ2v) is 5.57. The van der Waals surface area contributed by atoms with Crippen molar-refractivity contribution in [2.24, 2.45) is 0 Å². The molecule has 0 fully saturated rings. The Morgan fingerprint density at radius 2 is 2.05 bits per heavy atom. The largest absolute Gasteiger partial charge is 0.396 e. The lowest BCUT2D eigenvalue weighted by molar-refractivity contribution is 0.0929. The number of likely N-dealkylation sites (N-methyl/N-ethyl adjacent to an activating group) is 1. The first-order valence-corrected chi connectivity index (χ1v) is 7.46. The van der Waals surface area contributed by atoms with Crippen molar-refractivity contribution in [2.45, 2.75) is 26.8 Å². The van der Waals surface area contributed by atoms with Crippen molar-refractivity contribution in [3.8, 4) is 0 Å². The summed E-state index contributed by atoms with van der Waals surface area (Å²) in [6, 6.07) is 2.55. The minimum absolute atomic E-state index is 0.000535.